The van der Waals surface area contributed by atoms with E-state index in [1.54, 1.807) is 11.3 Å². The molecule has 1 unspecified atom stereocenters. The molecule has 2 fully saturated rings. The van der Waals surface area contributed by atoms with E-state index in [9.17, 15) is 14.4 Å². The first-order chi connectivity index (χ1) is 19.2. The summed E-state index contributed by atoms with van der Waals surface area (Å²) >= 11 is 1.62. The van der Waals surface area contributed by atoms with Crippen LogP contribution >= 0.6 is 11.3 Å². The zero-order chi connectivity index (χ0) is 28.6. The molecular weight excluding hydrogens is 518 g/mol. The van der Waals surface area contributed by atoms with Gasteiger partial charge in [-0.3, -0.25) is 19.3 Å². The maximum atomic E-state index is 13.8. The number of ketones is 2. The van der Waals surface area contributed by atoms with Crippen molar-refractivity contribution in [2.45, 2.75) is 103 Å². The summed E-state index contributed by atoms with van der Waals surface area (Å²) in [5.74, 6) is 0.470. The molecule has 1 amide bonds. The Morgan fingerprint density at radius 1 is 1.12 bits per heavy atom. The van der Waals surface area contributed by atoms with E-state index in [2.05, 4.69) is 48.8 Å². The summed E-state index contributed by atoms with van der Waals surface area (Å²) in [4.78, 5) is 46.3. The lowest BCUT2D eigenvalue weighted by molar-refractivity contribution is -0.130. The van der Waals surface area contributed by atoms with Gasteiger partial charge in [0.1, 0.15) is 5.78 Å². The Hall–Kier alpha value is -2.38. The van der Waals surface area contributed by atoms with E-state index in [-0.39, 0.29) is 29.9 Å². The van der Waals surface area contributed by atoms with Crippen molar-refractivity contribution in [3.63, 3.8) is 0 Å². The van der Waals surface area contributed by atoms with Crippen molar-refractivity contribution in [3.05, 3.63) is 40.9 Å². The summed E-state index contributed by atoms with van der Waals surface area (Å²) in [7, 11) is 0. The van der Waals surface area contributed by atoms with Crippen LogP contribution in [0.15, 0.2) is 30.4 Å². The Bertz CT molecular complexity index is 1190. The van der Waals surface area contributed by atoms with Gasteiger partial charge in [-0.2, -0.15) is 0 Å². The number of benzene rings is 1. The summed E-state index contributed by atoms with van der Waals surface area (Å²) in [6.07, 6.45) is 9.01. The molecule has 2 aromatic rings. The highest BCUT2D eigenvalue weighted by Gasteiger charge is 2.30. The van der Waals surface area contributed by atoms with Crippen LogP contribution in [0.2, 0.25) is 0 Å². The van der Waals surface area contributed by atoms with Gasteiger partial charge in [0.2, 0.25) is 5.91 Å². The van der Waals surface area contributed by atoms with E-state index < -0.39 is 5.92 Å². The number of carbonyl (C=O) groups excluding carboxylic acids is 3. The normalized spacial score (nSPS) is 17.9. The highest BCUT2D eigenvalue weighted by atomic mass is 32.1. The van der Waals surface area contributed by atoms with E-state index in [0.717, 1.165) is 54.0 Å². The standard InChI is InChI=1S/C33H47N3O3S/c1-5-27(37)18-26(20-32-34-29-13-12-25(22(2)3)19-31(29)40-32)33(39)35-28(24-10-7-6-8-11-24)14-15-30(38)23(4)21-36-16-9-17-36/h12-13,19,22,24,26,28H,4-11,14-18,20-21H2,1-3H3,(H,35,39)/t26-,28?/m0/s1. The van der Waals surface area contributed by atoms with Gasteiger partial charge in [-0.05, 0) is 68.3 Å². The Morgan fingerprint density at radius 3 is 2.52 bits per heavy atom. The lowest BCUT2D eigenvalue weighted by atomic mass is 9.81. The monoisotopic (exact) mass is 565 g/mol. The first kappa shape index (κ1) is 30.6. The first-order valence-corrected chi connectivity index (χ1v) is 16.2. The van der Waals surface area contributed by atoms with Crippen LogP contribution in [0.4, 0.5) is 0 Å². The van der Waals surface area contributed by atoms with Crippen LogP contribution < -0.4 is 5.32 Å². The molecule has 1 saturated heterocycles. The number of nitrogens with one attached hydrogen (secondary N) is 1. The maximum absolute atomic E-state index is 13.8. The van der Waals surface area contributed by atoms with Crippen molar-refractivity contribution in [2.75, 3.05) is 19.6 Å². The minimum absolute atomic E-state index is 0.0586. The predicted molar refractivity (Wildman–Crippen MR) is 164 cm³/mol. The minimum atomic E-state index is -0.458. The number of Topliss-reactive ketones (excluding diaryl/α,β-unsaturated/α-hetero) is 2. The van der Waals surface area contributed by atoms with E-state index in [1.807, 2.05) is 6.92 Å². The third-order valence-corrected chi connectivity index (χ3v) is 9.81. The summed E-state index contributed by atoms with van der Waals surface area (Å²) in [6, 6.07) is 6.31. The van der Waals surface area contributed by atoms with Gasteiger partial charge in [0.05, 0.1) is 21.1 Å². The lowest BCUT2D eigenvalue weighted by Gasteiger charge is -2.33. The van der Waals surface area contributed by atoms with Crippen LogP contribution in [0, 0.1) is 11.8 Å². The second kappa shape index (κ2) is 14.5. The molecule has 0 spiro atoms. The van der Waals surface area contributed by atoms with Gasteiger partial charge in [-0.1, -0.05) is 52.7 Å². The van der Waals surface area contributed by atoms with Gasteiger partial charge < -0.3 is 5.32 Å². The third-order valence-electron chi connectivity index (χ3n) is 8.77. The smallest absolute Gasteiger partial charge is 0.224 e. The molecule has 2 heterocycles. The molecule has 1 N–H and O–H groups in total. The quantitative estimate of drug-likeness (QED) is 0.245. The molecule has 1 aliphatic heterocycles. The number of nitrogens with zero attached hydrogens (tertiary/aromatic N) is 2. The Morgan fingerprint density at radius 2 is 1.88 bits per heavy atom. The van der Waals surface area contributed by atoms with Gasteiger partial charge in [-0.15, -0.1) is 11.3 Å². The second-order valence-electron chi connectivity index (χ2n) is 12.2. The van der Waals surface area contributed by atoms with Crippen molar-refractivity contribution in [3.8, 4) is 0 Å². The number of thiazole rings is 1. The molecule has 6 nitrogen and oxygen atoms in total. The van der Waals surface area contributed by atoms with E-state index in [4.69, 9.17) is 4.98 Å². The van der Waals surface area contributed by atoms with Crippen LogP contribution in [0.1, 0.15) is 101 Å². The van der Waals surface area contributed by atoms with Crippen molar-refractivity contribution < 1.29 is 14.4 Å². The molecule has 1 aromatic carbocycles. The molecular formula is C33H47N3O3S. The Balaban J connectivity index is 1.45. The third kappa shape index (κ3) is 8.32. The number of carbonyl (C=O) groups is 3. The molecule has 1 aliphatic carbocycles. The molecule has 2 aliphatic rings. The number of fused-ring (bicyclic) bond motifs is 1. The number of hydrogen-bond acceptors (Lipinski definition) is 6. The molecule has 0 radical (unpaired) electrons. The number of likely N-dealkylation sites (tertiary alicyclic amines) is 1. The van der Waals surface area contributed by atoms with Gasteiger partial charge in [-0.25, -0.2) is 4.98 Å². The fourth-order valence-electron chi connectivity index (χ4n) is 5.95. The predicted octanol–water partition coefficient (Wildman–Crippen LogP) is 6.62. The van der Waals surface area contributed by atoms with Gasteiger partial charge >= 0.3 is 0 Å². The summed E-state index contributed by atoms with van der Waals surface area (Å²) in [5, 5.41) is 4.24. The van der Waals surface area contributed by atoms with E-state index in [0.29, 0.717) is 49.6 Å². The molecule has 4 rings (SSSR count). The molecule has 218 valence electrons. The topological polar surface area (TPSA) is 79.4 Å². The summed E-state index contributed by atoms with van der Waals surface area (Å²) in [5.41, 5.74) is 2.90. The average molecular weight is 566 g/mol. The fraction of sp³-hybridized carbons (Fsp3) is 0.636. The Kier molecular flexibility index (Phi) is 11.1. The molecule has 1 saturated carbocycles. The van der Waals surface area contributed by atoms with Crippen LogP contribution in [-0.2, 0) is 20.8 Å². The highest BCUT2D eigenvalue weighted by Crippen LogP contribution is 2.31. The molecule has 0 bridgehead atoms. The number of hydrogen-bond donors (Lipinski definition) is 1. The molecule has 7 heteroatoms. The van der Waals surface area contributed by atoms with Crippen molar-refractivity contribution in [1.29, 1.82) is 0 Å². The highest BCUT2D eigenvalue weighted by molar-refractivity contribution is 7.18. The van der Waals surface area contributed by atoms with Crippen molar-refractivity contribution in [2.24, 2.45) is 11.8 Å². The second-order valence-corrected chi connectivity index (χ2v) is 13.3. The fourth-order valence-corrected chi connectivity index (χ4v) is 7.04. The summed E-state index contributed by atoms with van der Waals surface area (Å²) < 4.78 is 1.12. The SMILES string of the molecule is C=C(CN1CCC1)C(=O)CCC(NC(=O)[C@@H](CC(=O)CC)Cc1nc2ccc(C(C)C)cc2s1)C1CCCCC1. The molecule has 2 atom stereocenters. The molecule has 40 heavy (non-hydrogen) atoms. The van der Waals surface area contributed by atoms with Gasteiger partial charge in [0, 0.05) is 43.8 Å². The van der Waals surface area contributed by atoms with E-state index >= 15 is 0 Å². The summed E-state index contributed by atoms with van der Waals surface area (Å²) in [6.45, 7) is 13.0. The van der Waals surface area contributed by atoms with Crippen LogP contribution in [0.25, 0.3) is 10.2 Å². The van der Waals surface area contributed by atoms with Crippen molar-refractivity contribution in [1.82, 2.24) is 15.2 Å². The number of amides is 1. The lowest BCUT2D eigenvalue weighted by Crippen LogP contribution is -2.45. The number of rotatable bonds is 15. The Labute approximate surface area is 244 Å². The number of aromatic nitrogens is 1. The van der Waals surface area contributed by atoms with E-state index in [1.165, 1.54) is 18.4 Å². The van der Waals surface area contributed by atoms with Gasteiger partial charge in [0.25, 0.3) is 0 Å². The van der Waals surface area contributed by atoms with Gasteiger partial charge in [0.15, 0.2) is 5.78 Å². The van der Waals surface area contributed by atoms with Crippen LogP contribution in [0.3, 0.4) is 0 Å². The van der Waals surface area contributed by atoms with Crippen LogP contribution in [-0.4, -0.2) is 53.0 Å². The average Bonchev–Trinajstić information content (AvgIpc) is 3.34. The first-order valence-electron chi connectivity index (χ1n) is 15.4. The van der Waals surface area contributed by atoms with Crippen molar-refractivity contribution >= 4 is 39.0 Å². The largest absolute Gasteiger partial charge is 0.353 e. The maximum Gasteiger partial charge on any atom is 0.224 e. The zero-order valence-corrected chi connectivity index (χ0v) is 25.5. The zero-order valence-electron chi connectivity index (χ0n) is 24.7. The minimum Gasteiger partial charge on any atom is -0.353 e. The van der Waals surface area contributed by atoms with Crippen LogP contribution in [0.5, 0.6) is 0 Å². The molecule has 1 aromatic heterocycles.